The molecule has 0 spiro atoms. The van der Waals surface area contributed by atoms with Gasteiger partial charge in [-0.3, -0.25) is 4.79 Å². The first-order valence-electron chi connectivity index (χ1n) is 8.15. The van der Waals surface area contributed by atoms with E-state index in [-0.39, 0.29) is 5.78 Å². The zero-order valence-corrected chi connectivity index (χ0v) is 15.2. The molecule has 0 amide bonds. The summed E-state index contributed by atoms with van der Waals surface area (Å²) in [5, 5.41) is 1.04. The van der Waals surface area contributed by atoms with Gasteiger partial charge < -0.3 is 4.74 Å². The Bertz CT molecular complexity index is 1010. The van der Waals surface area contributed by atoms with Crippen LogP contribution in [0.5, 0.6) is 5.75 Å². The van der Waals surface area contributed by atoms with Crippen molar-refractivity contribution in [3.05, 3.63) is 105 Å². The fraction of sp³-hybridized carbons (Fsp3) is 0.0455. The molecule has 0 bridgehead atoms. The van der Waals surface area contributed by atoms with Gasteiger partial charge in [0.2, 0.25) is 0 Å². The van der Waals surface area contributed by atoms with E-state index in [1.165, 1.54) is 0 Å². The first-order chi connectivity index (χ1) is 12.6. The van der Waals surface area contributed by atoms with E-state index in [4.69, 9.17) is 27.9 Å². The molecule has 0 radical (unpaired) electrons. The fourth-order valence-electron chi connectivity index (χ4n) is 3.02. The number of ether oxygens (including phenoxy) is 1. The number of rotatable bonds is 2. The second-order valence-corrected chi connectivity index (χ2v) is 6.84. The maximum absolute atomic E-state index is 13.2. The van der Waals surface area contributed by atoms with Crippen LogP contribution in [-0.2, 0) is 0 Å². The Morgan fingerprint density at radius 3 is 2.38 bits per heavy atom. The van der Waals surface area contributed by atoms with Gasteiger partial charge in [0, 0.05) is 15.6 Å². The second kappa shape index (κ2) is 6.99. The first kappa shape index (κ1) is 16.9. The summed E-state index contributed by atoms with van der Waals surface area (Å²) in [6.45, 7) is 0. The molecule has 0 saturated heterocycles. The molecule has 128 valence electrons. The van der Waals surface area contributed by atoms with Crippen molar-refractivity contribution in [1.82, 2.24) is 0 Å². The number of hydrogen-bond acceptors (Lipinski definition) is 2. The number of para-hydroxylation sites is 1. The van der Waals surface area contributed by atoms with E-state index in [2.05, 4.69) is 0 Å². The third-order valence-electron chi connectivity index (χ3n) is 4.30. The van der Waals surface area contributed by atoms with E-state index in [1.54, 1.807) is 30.3 Å². The Labute approximate surface area is 161 Å². The third-order valence-corrected chi connectivity index (χ3v) is 4.86. The Morgan fingerprint density at radius 1 is 0.885 bits per heavy atom. The minimum absolute atomic E-state index is 0.0632. The zero-order valence-electron chi connectivity index (χ0n) is 13.7. The van der Waals surface area contributed by atoms with E-state index < -0.39 is 6.10 Å². The van der Waals surface area contributed by atoms with Crippen LogP contribution in [0.2, 0.25) is 10.0 Å². The van der Waals surface area contributed by atoms with Crippen LogP contribution in [0.15, 0.2) is 78.4 Å². The van der Waals surface area contributed by atoms with Crippen molar-refractivity contribution in [2.45, 2.75) is 6.10 Å². The lowest BCUT2D eigenvalue weighted by atomic mass is 9.89. The van der Waals surface area contributed by atoms with E-state index in [0.29, 0.717) is 26.9 Å². The number of carbonyl (C=O) groups excluding carboxylic acids is 1. The molecule has 3 aromatic rings. The molecule has 1 aliphatic rings. The summed E-state index contributed by atoms with van der Waals surface area (Å²) in [6.07, 6.45) is 1.29. The van der Waals surface area contributed by atoms with Crippen LogP contribution in [-0.4, -0.2) is 5.78 Å². The molecular formula is C22H14Cl2O2. The molecule has 4 heteroatoms. The molecule has 1 heterocycles. The van der Waals surface area contributed by atoms with Crippen molar-refractivity contribution in [2.24, 2.45) is 0 Å². The van der Waals surface area contributed by atoms with Crippen LogP contribution in [0.25, 0.3) is 6.08 Å². The number of Topliss-reactive ketones (excluding diaryl/α,β-unsaturated/α-hetero) is 1. The summed E-state index contributed by atoms with van der Waals surface area (Å²) in [5.41, 5.74) is 2.73. The van der Waals surface area contributed by atoms with Crippen LogP contribution in [0.3, 0.4) is 0 Å². The first-order valence-corrected chi connectivity index (χ1v) is 8.91. The fourth-order valence-corrected chi connectivity index (χ4v) is 3.49. The summed E-state index contributed by atoms with van der Waals surface area (Å²) in [7, 11) is 0. The van der Waals surface area contributed by atoms with Gasteiger partial charge in [-0.1, -0.05) is 71.7 Å². The summed E-state index contributed by atoms with van der Waals surface area (Å²) in [6, 6.07) is 22.2. The van der Waals surface area contributed by atoms with Gasteiger partial charge in [0.05, 0.1) is 5.56 Å². The number of ketones is 1. The lowest BCUT2D eigenvalue weighted by Crippen LogP contribution is -2.23. The van der Waals surface area contributed by atoms with E-state index >= 15 is 0 Å². The number of benzene rings is 3. The zero-order chi connectivity index (χ0) is 18.1. The van der Waals surface area contributed by atoms with Crippen LogP contribution in [0.1, 0.15) is 27.6 Å². The third kappa shape index (κ3) is 3.14. The lowest BCUT2D eigenvalue weighted by Gasteiger charge is -2.28. The highest BCUT2D eigenvalue weighted by Gasteiger charge is 2.32. The highest BCUT2D eigenvalue weighted by atomic mass is 35.5. The molecule has 0 unspecified atom stereocenters. The molecule has 0 fully saturated rings. The molecule has 2 nitrogen and oxygen atoms in total. The second-order valence-electron chi connectivity index (χ2n) is 6.00. The SMILES string of the molecule is O=C1/C(=C\c2ccc(Cl)cc2Cl)[C@@H](c2ccccc2)Oc2ccccc21. The number of hydrogen-bond donors (Lipinski definition) is 0. The molecular weight excluding hydrogens is 367 g/mol. The number of carbonyl (C=O) groups is 1. The highest BCUT2D eigenvalue weighted by molar-refractivity contribution is 6.35. The Morgan fingerprint density at radius 2 is 1.62 bits per heavy atom. The van der Waals surface area contributed by atoms with Crippen molar-refractivity contribution in [3.63, 3.8) is 0 Å². The van der Waals surface area contributed by atoms with Gasteiger partial charge in [-0.25, -0.2) is 0 Å². The van der Waals surface area contributed by atoms with Crippen molar-refractivity contribution < 1.29 is 9.53 Å². The number of fused-ring (bicyclic) bond motifs is 1. The molecule has 3 aromatic carbocycles. The standard InChI is InChI=1S/C22H14Cl2O2/c23-16-11-10-15(19(24)13-16)12-18-21(25)17-8-4-5-9-20(17)26-22(18)14-6-2-1-3-7-14/h1-13,22H/b18-12+/t22-/m1/s1. The Balaban J connectivity index is 1.88. The maximum atomic E-state index is 13.2. The predicted octanol–water partition coefficient (Wildman–Crippen LogP) is 6.39. The Hall–Kier alpha value is -2.55. The molecule has 0 saturated carbocycles. The van der Waals surface area contributed by atoms with Gasteiger partial charge in [-0.15, -0.1) is 0 Å². The monoisotopic (exact) mass is 380 g/mol. The van der Waals surface area contributed by atoms with Gasteiger partial charge in [-0.05, 0) is 41.5 Å². The summed E-state index contributed by atoms with van der Waals surface area (Å²) in [5.74, 6) is 0.525. The van der Waals surface area contributed by atoms with E-state index in [9.17, 15) is 4.79 Å². The van der Waals surface area contributed by atoms with Gasteiger partial charge in [0.25, 0.3) is 0 Å². The molecule has 0 aliphatic carbocycles. The molecule has 0 N–H and O–H groups in total. The smallest absolute Gasteiger partial charge is 0.196 e. The molecule has 4 rings (SSSR count). The average molecular weight is 381 g/mol. The van der Waals surface area contributed by atoms with Gasteiger partial charge in [-0.2, -0.15) is 0 Å². The molecule has 1 atom stereocenters. The quantitative estimate of drug-likeness (QED) is 0.481. The van der Waals surface area contributed by atoms with Crippen molar-refractivity contribution >= 4 is 35.1 Å². The number of halogens is 2. The topological polar surface area (TPSA) is 26.3 Å². The normalized spacial score (nSPS) is 17.7. The largest absolute Gasteiger partial charge is 0.480 e. The average Bonchev–Trinajstić information content (AvgIpc) is 2.66. The summed E-state index contributed by atoms with van der Waals surface area (Å²) >= 11 is 12.3. The van der Waals surface area contributed by atoms with Gasteiger partial charge in [0.1, 0.15) is 5.75 Å². The van der Waals surface area contributed by atoms with Crippen LogP contribution in [0, 0.1) is 0 Å². The summed E-state index contributed by atoms with van der Waals surface area (Å²) < 4.78 is 6.18. The van der Waals surface area contributed by atoms with Crippen LogP contribution < -0.4 is 4.74 Å². The van der Waals surface area contributed by atoms with E-state index in [1.807, 2.05) is 48.5 Å². The minimum Gasteiger partial charge on any atom is -0.480 e. The maximum Gasteiger partial charge on any atom is 0.196 e. The molecule has 1 aliphatic heterocycles. The van der Waals surface area contributed by atoms with Crippen molar-refractivity contribution in [2.75, 3.05) is 0 Å². The predicted molar refractivity (Wildman–Crippen MR) is 105 cm³/mol. The van der Waals surface area contributed by atoms with Crippen molar-refractivity contribution in [1.29, 1.82) is 0 Å². The minimum atomic E-state index is -0.495. The van der Waals surface area contributed by atoms with Gasteiger partial charge >= 0.3 is 0 Å². The lowest BCUT2D eigenvalue weighted by molar-refractivity contribution is 0.0963. The van der Waals surface area contributed by atoms with Crippen LogP contribution in [0.4, 0.5) is 0 Å². The van der Waals surface area contributed by atoms with E-state index in [0.717, 1.165) is 11.1 Å². The Kier molecular flexibility index (Phi) is 4.54. The van der Waals surface area contributed by atoms with Crippen LogP contribution >= 0.6 is 23.2 Å². The highest BCUT2D eigenvalue weighted by Crippen LogP contribution is 2.39. The van der Waals surface area contributed by atoms with Crippen molar-refractivity contribution in [3.8, 4) is 5.75 Å². The van der Waals surface area contributed by atoms with Gasteiger partial charge in [0.15, 0.2) is 11.9 Å². The molecule has 0 aromatic heterocycles. The summed E-state index contributed by atoms with van der Waals surface area (Å²) in [4.78, 5) is 13.2. The molecule has 26 heavy (non-hydrogen) atoms.